The number of thioether (sulfide) groups is 1. The number of amides is 1. The van der Waals surface area contributed by atoms with Gasteiger partial charge in [0, 0.05) is 18.2 Å². The van der Waals surface area contributed by atoms with Crippen molar-refractivity contribution in [1.82, 2.24) is 5.32 Å². The molecule has 1 atom stereocenters. The summed E-state index contributed by atoms with van der Waals surface area (Å²) in [5.74, 6) is 2.28. The van der Waals surface area contributed by atoms with Crippen LogP contribution in [0.1, 0.15) is 11.1 Å². The molecule has 0 saturated carbocycles. The van der Waals surface area contributed by atoms with Crippen LogP contribution in [0.4, 0.5) is 4.79 Å². The van der Waals surface area contributed by atoms with E-state index in [1.165, 1.54) is 0 Å². The molecule has 1 aliphatic heterocycles. The second kappa shape index (κ2) is 8.84. The molecule has 3 aromatic carbocycles. The highest BCUT2D eigenvalue weighted by atomic mass is 32.2. The fourth-order valence-corrected chi connectivity index (χ4v) is 3.64. The highest BCUT2D eigenvalue weighted by Gasteiger charge is 2.31. The number of carbonyl (C=O) groups excluding carboxylic acids is 2. The predicted octanol–water partition coefficient (Wildman–Crippen LogP) is 4.95. The Kier molecular flexibility index (Phi) is 5.81. The minimum atomic E-state index is -0.452. The number of para-hydroxylation sites is 1. The van der Waals surface area contributed by atoms with Gasteiger partial charge in [0.15, 0.2) is 0 Å². The summed E-state index contributed by atoms with van der Waals surface area (Å²) in [6.07, 6.45) is 0.483. The van der Waals surface area contributed by atoms with E-state index in [0.717, 1.165) is 40.1 Å². The largest absolute Gasteiger partial charge is 0.489 e. The third-order valence-corrected chi connectivity index (χ3v) is 5.20. The van der Waals surface area contributed by atoms with Crippen LogP contribution in [0.3, 0.4) is 0 Å². The van der Waals surface area contributed by atoms with Gasteiger partial charge >= 0.3 is 0 Å². The SMILES string of the molecule is O=C1NC(Cc2ccc(OCc3cccc(Oc4ccccc4)c3)cc2)C(=O)S1. The molecule has 0 aliphatic carbocycles. The summed E-state index contributed by atoms with van der Waals surface area (Å²) < 4.78 is 11.7. The van der Waals surface area contributed by atoms with Gasteiger partial charge in [-0.25, -0.2) is 0 Å². The van der Waals surface area contributed by atoms with Crippen molar-refractivity contribution in [1.29, 1.82) is 0 Å². The van der Waals surface area contributed by atoms with Crippen LogP contribution in [0.5, 0.6) is 17.2 Å². The molecular weight excluding hydrogens is 386 g/mol. The van der Waals surface area contributed by atoms with E-state index in [2.05, 4.69) is 5.32 Å². The molecule has 4 rings (SSSR count). The monoisotopic (exact) mass is 405 g/mol. The molecule has 6 heteroatoms. The van der Waals surface area contributed by atoms with Crippen molar-refractivity contribution >= 4 is 22.1 Å². The lowest BCUT2D eigenvalue weighted by atomic mass is 10.1. The average Bonchev–Trinajstić information content (AvgIpc) is 3.05. The van der Waals surface area contributed by atoms with Crippen LogP contribution in [-0.2, 0) is 17.8 Å². The van der Waals surface area contributed by atoms with Crippen LogP contribution in [0.15, 0.2) is 78.9 Å². The van der Waals surface area contributed by atoms with Gasteiger partial charge in [-0.1, -0.05) is 42.5 Å². The zero-order valence-electron chi connectivity index (χ0n) is 15.5. The number of hydrogen-bond acceptors (Lipinski definition) is 5. The molecule has 1 aliphatic rings. The highest BCUT2D eigenvalue weighted by molar-refractivity contribution is 8.26. The van der Waals surface area contributed by atoms with Crippen LogP contribution in [0, 0.1) is 0 Å². The first-order chi connectivity index (χ1) is 14.2. The van der Waals surface area contributed by atoms with Gasteiger partial charge in [-0.05, 0) is 47.5 Å². The molecule has 146 valence electrons. The molecule has 3 aromatic rings. The Balaban J connectivity index is 1.33. The van der Waals surface area contributed by atoms with E-state index in [1.54, 1.807) is 0 Å². The van der Waals surface area contributed by atoms with Gasteiger partial charge in [0.25, 0.3) is 5.24 Å². The summed E-state index contributed by atoms with van der Waals surface area (Å²) in [5.41, 5.74) is 1.97. The smallest absolute Gasteiger partial charge is 0.287 e. The summed E-state index contributed by atoms with van der Waals surface area (Å²) in [4.78, 5) is 23.0. The van der Waals surface area contributed by atoms with Gasteiger partial charge in [-0.2, -0.15) is 0 Å². The number of rotatable bonds is 7. The lowest BCUT2D eigenvalue weighted by molar-refractivity contribution is -0.112. The van der Waals surface area contributed by atoms with Crippen LogP contribution in [-0.4, -0.2) is 16.4 Å². The van der Waals surface area contributed by atoms with E-state index in [0.29, 0.717) is 13.0 Å². The Morgan fingerprint density at radius 1 is 0.793 bits per heavy atom. The van der Waals surface area contributed by atoms with Crippen molar-refractivity contribution < 1.29 is 19.1 Å². The molecule has 0 bridgehead atoms. The summed E-state index contributed by atoms with van der Waals surface area (Å²) >= 11 is 0.734. The van der Waals surface area contributed by atoms with Gasteiger partial charge in [-0.15, -0.1) is 0 Å². The summed E-state index contributed by atoms with van der Waals surface area (Å²) in [5, 5.41) is 2.26. The van der Waals surface area contributed by atoms with Gasteiger partial charge < -0.3 is 14.8 Å². The molecule has 1 N–H and O–H groups in total. The molecule has 0 radical (unpaired) electrons. The van der Waals surface area contributed by atoms with Gasteiger partial charge in [0.1, 0.15) is 29.9 Å². The number of nitrogens with one attached hydrogen (secondary N) is 1. The summed E-state index contributed by atoms with van der Waals surface area (Å²) in [7, 11) is 0. The Bertz CT molecular complexity index is 1000. The van der Waals surface area contributed by atoms with Crippen LogP contribution in [0.25, 0.3) is 0 Å². The molecular formula is C23H19NO4S. The summed E-state index contributed by atoms with van der Waals surface area (Å²) in [6.45, 7) is 0.416. The molecule has 1 fully saturated rings. The molecule has 5 nitrogen and oxygen atoms in total. The topological polar surface area (TPSA) is 64.6 Å². The van der Waals surface area contributed by atoms with Crippen molar-refractivity contribution in [3.63, 3.8) is 0 Å². The lowest BCUT2D eigenvalue weighted by Gasteiger charge is -2.11. The second-order valence-corrected chi connectivity index (χ2v) is 7.58. The zero-order chi connectivity index (χ0) is 20.1. The fourth-order valence-electron chi connectivity index (χ4n) is 2.98. The minimum absolute atomic E-state index is 0.132. The predicted molar refractivity (Wildman–Crippen MR) is 112 cm³/mol. The first kappa shape index (κ1) is 19.1. The van der Waals surface area contributed by atoms with E-state index in [1.807, 2.05) is 78.9 Å². The van der Waals surface area contributed by atoms with E-state index >= 15 is 0 Å². The standard InChI is InChI=1S/C23H19NO4S/c25-22-21(24-23(26)29-22)14-16-9-11-18(12-10-16)27-15-17-5-4-8-20(13-17)28-19-6-2-1-3-7-19/h1-13,21H,14-15H2,(H,24,26). The second-order valence-electron chi connectivity index (χ2n) is 6.60. The highest BCUT2D eigenvalue weighted by Crippen LogP contribution is 2.23. The lowest BCUT2D eigenvalue weighted by Crippen LogP contribution is -2.30. The number of benzene rings is 3. The number of hydrogen-bond donors (Lipinski definition) is 1. The molecule has 1 heterocycles. The van der Waals surface area contributed by atoms with Crippen LogP contribution < -0.4 is 14.8 Å². The molecule has 1 amide bonds. The summed E-state index contributed by atoms with van der Waals surface area (Å²) in [6, 6.07) is 24.5. The Hall–Kier alpha value is -3.25. The molecule has 0 aromatic heterocycles. The zero-order valence-corrected chi connectivity index (χ0v) is 16.4. The third kappa shape index (κ3) is 5.18. The van der Waals surface area contributed by atoms with Crippen molar-refractivity contribution in [3.8, 4) is 17.2 Å². The van der Waals surface area contributed by atoms with Crippen molar-refractivity contribution in [2.75, 3.05) is 0 Å². The van der Waals surface area contributed by atoms with Crippen molar-refractivity contribution in [3.05, 3.63) is 90.0 Å². The molecule has 1 saturated heterocycles. The fraction of sp³-hybridized carbons (Fsp3) is 0.130. The number of ether oxygens (including phenoxy) is 2. The Morgan fingerprint density at radius 2 is 1.55 bits per heavy atom. The van der Waals surface area contributed by atoms with Gasteiger partial charge in [0.2, 0.25) is 5.12 Å². The Labute approximate surface area is 173 Å². The maximum absolute atomic E-state index is 11.7. The molecule has 1 unspecified atom stereocenters. The molecule has 29 heavy (non-hydrogen) atoms. The maximum Gasteiger partial charge on any atom is 0.287 e. The van der Waals surface area contributed by atoms with E-state index in [4.69, 9.17) is 9.47 Å². The first-order valence-electron chi connectivity index (χ1n) is 9.21. The number of carbonyl (C=O) groups is 2. The van der Waals surface area contributed by atoms with Gasteiger partial charge in [0.05, 0.1) is 0 Å². The normalized spacial score (nSPS) is 15.8. The van der Waals surface area contributed by atoms with Gasteiger partial charge in [-0.3, -0.25) is 9.59 Å². The molecule has 0 spiro atoms. The van der Waals surface area contributed by atoms with E-state index in [9.17, 15) is 9.59 Å². The minimum Gasteiger partial charge on any atom is -0.489 e. The first-order valence-corrected chi connectivity index (χ1v) is 10.0. The van der Waals surface area contributed by atoms with Crippen LogP contribution in [0.2, 0.25) is 0 Å². The maximum atomic E-state index is 11.7. The Morgan fingerprint density at radius 3 is 2.28 bits per heavy atom. The van der Waals surface area contributed by atoms with E-state index in [-0.39, 0.29) is 10.4 Å². The van der Waals surface area contributed by atoms with Crippen LogP contribution >= 0.6 is 11.8 Å². The van der Waals surface area contributed by atoms with Crippen molar-refractivity contribution in [2.45, 2.75) is 19.1 Å². The van der Waals surface area contributed by atoms with Crippen molar-refractivity contribution in [2.24, 2.45) is 0 Å². The average molecular weight is 405 g/mol. The quantitative estimate of drug-likeness (QED) is 0.602. The third-order valence-electron chi connectivity index (χ3n) is 4.42. The van der Waals surface area contributed by atoms with E-state index < -0.39 is 6.04 Å².